The molecule has 0 aromatic heterocycles. The fourth-order valence-electron chi connectivity index (χ4n) is 1.62. The zero-order valence-electron chi connectivity index (χ0n) is 10.1. The van der Waals surface area contributed by atoms with Crippen molar-refractivity contribution in [3.8, 4) is 5.75 Å². The van der Waals surface area contributed by atoms with Crippen molar-refractivity contribution in [1.29, 1.82) is 0 Å². The number of hydrogen-bond acceptors (Lipinski definition) is 3. The van der Waals surface area contributed by atoms with Crippen molar-refractivity contribution in [2.75, 3.05) is 17.7 Å². The Kier molecular flexibility index (Phi) is 4.10. The summed E-state index contributed by atoms with van der Waals surface area (Å²) in [5, 5.41) is 3.27. The number of anilines is 3. The van der Waals surface area contributed by atoms with Crippen LogP contribution in [0.3, 0.4) is 0 Å². The molecule has 2 rings (SSSR count). The Morgan fingerprint density at radius 1 is 1.17 bits per heavy atom. The summed E-state index contributed by atoms with van der Waals surface area (Å²) in [7, 11) is 0. The Bertz CT molecular complexity index is 526. The second kappa shape index (κ2) is 5.78. The molecule has 2 aromatic rings. The Morgan fingerprint density at radius 2 is 1.89 bits per heavy atom. The summed E-state index contributed by atoms with van der Waals surface area (Å²) >= 11 is 3.41. The van der Waals surface area contributed by atoms with Gasteiger partial charge in [0.15, 0.2) is 0 Å². The standard InChI is InChI=1S/C14H15BrN2O/c1-2-18-13-5-3-4-12(14(13)16)17-11-8-6-10(15)7-9-11/h3-9,17H,2,16H2,1H3. The monoisotopic (exact) mass is 306 g/mol. The molecule has 0 amide bonds. The van der Waals surface area contributed by atoms with Gasteiger partial charge in [-0.1, -0.05) is 22.0 Å². The minimum atomic E-state index is 0.603. The fraction of sp³-hybridized carbons (Fsp3) is 0.143. The number of nitrogen functional groups attached to an aromatic ring is 1. The first-order chi connectivity index (χ1) is 8.70. The van der Waals surface area contributed by atoms with Crippen molar-refractivity contribution >= 4 is 33.0 Å². The third-order valence-electron chi connectivity index (χ3n) is 2.49. The van der Waals surface area contributed by atoms with Crippen molar-refractivity contribution in [2.45, 2.75) is 6.92 Å². The van der Waals surface area contributed by atoms with E-state index in [0.29, 0.717) is 18.0 Å². The van der Waals surface area contributed by atoms with Crippen molar-refractivity contribution in [1.82, 2.24) is 0 Å². The molecular weight excluding hydrogens is 292 g/mol. The van der Waals surface area contributed by atoms with Gasteiger partial charge >= 0.3 is 0 Å². The van der Waals surface area contributed by atoms with Crippen LogP contribution in [0.2, 0.25) is 0 Å². The number of nitrogens with two attached hydrogens (primary N) is 1. The highest BCUT2D eigenvalue weighted by atomic mass is 79.9. The number of ether oxygens (including phenoxy) is 1. The van der Waals surface area contributed by atoms with Crippen molar-refractivity contribution < 1.29 is 4.74 Å². The zero-order valence-corrected chi connectivity index (χ0v) is 11.7. The normalized spacial score (nSPS) is 10.1. The van der Waals surface area contributed by atoms with E-state index in [1.807, 2.05) is 49.4 Å². The molecule has 0 aliphatic carbocycles. The molecule has 3 nitrogen and oxygen atoms in total. The van der Waals surface area contributed by atoms with Gasteiger partial charge in [0.05, 0.1) is 18.0 Å². The van der Waals surface area contributed by atoms with Gasteiger partial charge in [0, 0.05) is 10.2 Å². The Balaban J connectivity index is 2.23. The number of benzene rings is 2. The van der Waals surface area contributed by atoms with Crippen LogP contribution in [0.15, 0.2) is 46.9 Å². The fourth-order valence-corrected chi connectivity index (χ4v) is 1.89. The predicted octanol–water partition coefficient (Wildman–Crippen LogP) is 4.17. The minimum Gasteiger partial charge on any atom is -0.492 e. The van der Waals surface area contributed by atoms with Crippen LogP contribution in [0.4, 0.5) is 17.1 Å². The number of nitrogens with one attached hydrogen (secondary N) is 1. The summed E-state index contributed by atoms with van der Waals surface area (Å²) in [5.74, 6) is 0.708. The Morgan fingerprint density at radius 3 is 2.56 bits per heavy atom. The van der Waals surface area contributed by atoms with Gasteiger partial charge < -0.3 is 15.8 Å². The van der Waals surface area contributed by atoms with Crippen molar-refractivity contribution in [3.63, 3.8) is 0 Å². The van der Waals surface area contributed by atoms with Gasteiger partial charge in [-0.2, -0.15) is 0 Å². The molecule has 0 bridgehead atoms. The van der Waals surface area contributed by atoms with E-state index in [4.69, 9.17) is 10.5 Å². The number of halogens is 1. The Labute approximate surface area is 115 Å². The summed E-state index contributed by atoms with van der Waals surface area (Å²) < 4.78 is 6.51. The third kappa shape index (κ3) is 2.96. The zero-order chi connectivity index (χ0) is 13.0. The minimum absolute atomic E-state index is 0.603. The number of para-hydroxylation sites is 1. The van der Waals surface area contributed by atoms with Crippen LogP contribution in [0.5, 0.6) is 5.75 Å². The maximum atomic E-state index is 6.05. The average molecular weight is 307 g/mol. The van der Waals surface area contributed by atoms with Gasteiger partial charge in [0.2, 0.25) is 0 Å². The van der Waals surface area contributed by atoms with E-state index in [-0.39, 0.29) is 0 Å². The lowest BCUT2D eigenvalue weighted by Crippen LogP contribution is -2.00. The molecule has 0 heterocycles. The van der Waals surface area contributed by atoms with E-state index < -0.39 is 0 Å². The topological polar surface area (TPSA) is 47.3 Å². The van der Waals surface area contributed by atoms with Crippen molar-refractivity contribution in [3.05, 3.63) is 46.9 Å². The quantitative estimate of drug-likeness (QED) is 0.833. The summed E-state index contributed by atoms with van der Waals surface area (Å²) in [6.45, 7) is 2.54. The first-order valence-corrected chi connectivity index (χ1v) is 6.54. The molecule has 4 heteroatoms. The molecule has 3 N–H and O–H groups in total. The summed E-state index contributed by atoms with van der Waals surface area (Å²) in [5.41, 5.74) is 8.51. The summed E-state index contributed by atoms with van der Waals surface area (Å²) in [4.78, 5) is 0. The summed E-state index contributed by atoms with van der Waals surface area (Å²) in [6, 6.07) is 13.6. The Hall–Kier alpha value is -1.68. The molecule has 0 aliphatic rings. The maximum absolute atomic E-state index is 6.05. The van der Waals surface area contributed by atoms with E-state index >= 15 is 0 Å². The van der Waals surface area contributed by atoms with Crippen molar-refractivity contribution in [2.24, 2.45) is 0 Å². The molecular formula is C14H15BrN2O. The smallest absolute Gasteiger partial charge is 0.144 e. The highest BCUT2D eigenvalue weighted by molar-refractivity contribution is 9.10. The van der Waals surface area contributed by atoms with Crippen LogP contribution in [0.25, 0.3) is 0 Å². The van der Waals surface area contributed by atoms with E-state index in [0.717, 1.165) is 15.8 Å². The highest BCUT2D eigenvalue weighted by Gasteiger charge is 2.05. The molecule has 0 saturated carbocycles. The predicted molar refractivity (Wildman–Crippen MR) is 79.4 cm³/mol. The molecule has 0 unspecified atom stereocenters. The molecule has 2 aromatic carbocycles. The first kappa shape index (κ1) is 12.8. The van der Waals surface area contributed by atoms with Gasteiger partial charge in [-0.15, -0.1) is 0 Å². The van der Waals surface area contributed by atoms with Crippen LogP contribution in [0.1, 0.15) is 6.92 Å². The maximum Gasteiger partial charge on any atom is 0.144 e. The molecule has 0 radical (unpaired) electrons. The van der Waals surface area contributed by atoms with Gasteiger partial charge in [0.1, 0.15) is 5.75 Å². The highest BCUT2D eigenvalue weighted by Crippen LogP contribution is 2.31. The lowest BCUT2D eigenvalue weighted by atomic mass is 10.2. The molecule has 0 fully saturated rings. The number of rotatable bonds is 4. The van der Waals surface area contributed by atoms with Gasteiger partial charge in [-0.3, -0.25) is 0 Å². The summed E-state index contributed by atoms with van der Waals surface area (Å²) in [6.07, 6.45) is 0. The third-order valence-corrected chi connectivity index (χ3v) is 3.02. The molecule has 18 heavy (non-hydrogen) atoms. The van der Waals surface area contributed by atoms with Gasteiger partial charge in [-0.25, -0.2) is 0 Å². The molecule has 0 spiro atoms. The first-order valence-electron chi connectivity index (χ1n) is 5.74. The largest absolute Gasteiger partial charge is 0.492 e. The second-order valence-electron chi connectivity index (χ2n) is 3.78. The lowest BCUT2D eigenvalue weighted by Gasteiger charge is -2.13. The number of hydrogen-bond donors (Lipinski definition) is 2. The van der Waals surface area contributed by atoms with Crippen LogP contribution >= 0.6 is 15.9 Å². The molecule has 0 aliphatic heterocycles. The van der Waals surface area contributed by atoms with Gasteiger partial charge in [0.25, 0.3) is 0 Å². The molecule has 0 atom stereocenters. The van der Waals surface area contributed by atoms with Gasteiger partial charge in [-0.05, 0) is 43.3 Å². The van der Waals surface area contributed by atoms with E-state index in [1.165, 1.54) is 0 Å². The molecule has 0 saturated heterocycles. The van der Waals surface area contributed by atoms with E-state index in [2.05, 4.69) is 21.2 Å². The van der Waals surface area contributed by atoms with Crippen LogP contribution in [-0.4, -0.2) is 6.61 Å². The van der Waals surface area contributed by atoms with Crippen LogP contribution < -0.4 is 15.8 Å². The SMILES string of the molecule is CCOc1cccc(Nc2ccc(Br)cc2)c1N. The van der Waals surface area contributed by atoms with E-state index in [1.54, 1.807) is 0 Å². The lowest BCUT2D eigenvalue weighted by molar-refractivity contribution is 0.342. The van der Waals surface area contributed by atoms with Crippen LogP contribution in [0, 0.1) is 0 Å². The molecule has 94 valence electrons. The average Bonchev–Trinajstić information content (AvgIpc) is 2.37. The second-order valence-corrected chi connectivity index (χ2v) is 4.70. The van der Waals surface area contributed by atoms with Crippen LogP contribution in [-0.2, 0) is 0 Å². The van der Waals surface area contributed by atoms with E-state index in [9.17, 15) is 0 Å².